The molecular weight excluding hydrogens is 256 g/mol. The van der Waals surface area contributed by atoms with Gasteiger partial charge in [0.1, 0.15) is 5.82 Å². The van der Waals surface area contributed by atoms with Crippen LogP contribution < -0.4 is 11.0 Å². The number of nitrogens with zero attached hydrogens (tertiary/aromatic N) is 4. The number of aromatic amines is 1. The monoisotopic (exact) mass is 276 g/mol. The van der Waals surface area contributed by atoms with Crippen molar-refractivity contribution in [3.8, 4) is 0 Å². The first-order chi connectivity index (χ1) is 9.76. The summed E-state index contributed by atoms with van der Waals surface area (Å²) in [6, 6.07) is 4.09. The van der Waals surface area contributed by atoms with Crippen LogP contribution in [0.15, 0.2) is 16.9 Å². The van der Waals surface area contributed by atoms with Gasteiger partial charge in [0.25, 0.3) is 0 Å². The maximum Gasteiger partial charge on any atom is 0.364 e. The molecule has 0 aliphatic carbocycles. The maximum absolute atomic E-state index is 11.5. The van der Waals surface area contributed by atoms with E-state index in [1.165, 1.54) is 17.5 Å². The minimum atomic E-state index is -0.304. The molecule has 0 bridgehead atoms. The van der Waals surface area contributed by atoms with Gasteiger partial charge in [0, 0.05) is 19.1 Å². The number of anilines is 1. The van der Waals surface area contributed by atoms with Crippen molar-refractivity contribution in [2.75, 3.05) is 25.0 Å². The summed E-state index contributed by atoms with van der Waals surface area (Å²) in [5.74, 6) is 0.731. The number of hydrogen-bond donors (Lipinski definition) is 2. The molecule has 7 nitrogen and oxygen atoms in total. The van der Waals surface area contributed by atoms with E-state index in [0.29, 0.717) is 11.7 Å². The quantitative estimate of drug-likeness (QED) is 0.859. The molecule has 20 heavy (non-hydrogen) atoms. The van der Waals surface area contributed by atoms with E-state index < -0.39 is 0 Å². The molecule has 0 spiro atoms. The predicted molar refractivity (Wildman–Crippen MR) is 77.0 cm³/mol. The summed E-state index contributed by atoms with van der Waals surface area (Å²) in [7, 11) is 0. The summed E-state index contributed by atoms with van der Waals surface area (Å²) in [5.41, 5.74) is 0.236. The molecular formula is C13H20N6O. The van der Waals surface area contributed by atoms with Gasteiger partial charge in [-0.25, -0.2) is 9.89 Å². The summed E-state index contributed by atoms with van der Waals surface area (Å²) in [4.78, 5) is 14.0. The Morgan fingerprint density at radius 1 is 1.40 bits per heavy atom. The fourth-order valence-electron chi connectivity index (χ4n) is 2.71. The summed E-state index contributed by atoms with van der Waals surface area (Å²) < 4.78 is 1.29. The molecule has 1 aliphatic heterocycles. The molecule has 2 aromatic rings. The zero-order chi connectivity index (χ0) is 13.9. The fourth-order valence-corrected chi connectivity index (χ4v) is 2.71. The number of hydrogen-bond acceptors (Lipinski definition) is 5. The zero-order valence-corrected chi connectivity index (χ0v) is 11.7. The van der Waals surface area contributed by atoms with Crippen molar-refractivity contribution in [1.82, 2.24) is 24.7 Å². The van der Waals surface area contributed by atoms with Gasteiger partial charge in [-0.05, 0) is 37.9 Å². The molecule has 1 fully saturated rings. The number of likely N-dealkylation sites (tertiary alicyclic amines) is 1. The highest BCUT2D eigenvalue weighted by atomic mass is 16.2. The molecule has 2 aromatic heterocycles. The highest BCUT2D eigenvalue weighted by Crippen LogP contribution is 2.15. The smallest absolute Gasteiger partial charge is 0.364 e. The van der Waals surface area contributed by atoms with Crippen molar-refractivity contribution in [3.63, 3.8) is 0 Å². The van der Waals surface area contributed by atoms with E-state index in [4.69, 9.17) is 0 Å². The third kappa shape index (κ3) is 2.67. The number of fused-ring (bicyclic) bond motifs is 1. The van der Waals surface area contributed by atoms with Gasteiger partial charge in [0.2, 0.25) is 0 Å². The van der Waals surface area contributed by atoms with E-state index in [1.807, 2.05) is 6.07 Å². The van der Waals surface area contributed by atoms with E-state index in [0.717, 1.165) is 31.7 Å². The van der Waals surface area contributed by atoms with Gasteiger partial charge in [-0.15, -0.1) is 5.10 Å². The molecule has 0 aromatic carbocycles. The fraction of sp³-hybridized carbons (Fsp3) is 0.615. The summed E-state index contributed by atoms with van der Waals surface area (Å²) in [6.45, 7) is 5.65. The molecule has 2 N–H and O–H groups in total. The third-order valence-corrected chi connectivity index (χ3v) is 3.75. The largest absolute Gasteiger partial charge is 0.366 e. The molecule has 0 radical (unpaired) electrons. The van der Waals surface area contributed by atoms with Gasteiger partial charge in [-0.3, -0.25) is 0 Å². The van der Waals surface area contributed by atoms with Crippen molar-refractivity contribution >= 4 is 11.5 Å². The van der Waals surface area contributed by atoms with Crippen molar-refractivity contribution in [1.29, 1.82) is 0 Å². The first-order valence-electron chi connectivity index (χ1n) is 7.19. The van der Waals surface area contributed by atoms with E-state index in [-0.39, 0.29) is 5.69 Å². The van der Waals surface area contributed by atoms with Crippen LogP contribution in [0.5, 0.6) is 0 Å². The summed E-state index contributed by atoms with van der Waals surface area (Å²) >= 11 is 0. The number of rotatable bonds is 4. The van der Waals surface area contributed by atoms with Gasteiger partial charge >= 0.3 is 5.69 Å². The molecule has 0 unspecified atom stereocenters. The molecule has 1 aliphatic rings. The van der Waals surface area contributed by atoms with Gasteiger partial charge < -0.3 is 10.2 Å². The topological polar surface area (TPSA) is 78.3 Å². The minimum Gasteiger partial charge on any atom is -0.366 e. The van der Waals surface area contributed by atoms with Crippen LogP contribution in [0.3, 0.4) is 0 Å². The Kier molecular flexibility index (Phi) is 3.68. The van der Waals surface area contributed by atoms with Crippen LogP contribution in [0.1, 0.15) is 26.2 Å². The van der Waals surface area contributed by atoms with Crippen LogP contribution in [0.4, 0.5) is 5.82 Å². The average molecular weight is 276 g/mol. The lowest BCUT2D eigenvalue weighted by Crippen LogP contribution is -2.39. The van der Waals surface area contributed by atoms with E-state index in [2.05, 4.69) is 32.4 Å². The van der Waals surface area contributed by atoms with Gasteiger partial charge in [0.05, 0.1) is 0 Å². The average Bonchev–Trinajstić information content (AvgIpc) is 2.83. The Bertz CT molecular complexity index is 625. The SMILES string of the molecule is CCCN1CCC(Nc2ccc3n[nH]c(=O)n3n2)CC1. The second kappa shape index (κ2) is 5.62. The van der Waals surface area contributed by atoms with Crippen molar-refractivity contribution in [2.24, 2.45) is 0 Å². The Balaban J connectivity index is 1.65. The van der Waals surface area contributed by atoms with Crippen molar-refractivity contribution in [3.05, 3.63) is 22.6 Å². The lowest BCUT2D eigenvalue weighted by molar-refractivity contribution is 0.219. The highest BCUT2D eigenvalue weighted by Gasteiger charge is 2.18. The highest BCUT2D eigenvalue weighted by molar-refractivity contribution is 5.43. The molecule has 3 heterocycles. The Labute approximate surface area is 117 Å². The van der Waals surface area contributed by atoms with Gasteiger partial charge in [-0.1, -0.05) is 6.92 Å². The lowest BCUT2D eigenvalue weighted by atomic mass is 10.0. The first kappa shape index (κ1) is 13.1. The predicted octanol–water partition coefficient (Wildman–Crippen LogP) is 0.704. The normalized spacial score (nSPS) is 17.6. The van der Waals surface area contributed by atoms with E-state index in [9.17, 15) is 4.79 Å². The molecule has 7 heteroatoms. The minimum absolute atomic E-state index is 0.304. The summed E-state index contributed by atoms with van der Waals surface area (Å²) in [6.07, 6.45) is 3.43. The van der Waals surface area contributed by atoms with Crippen LogP contribution in [0.2, 0.25) is 0 Å². The van der Waals surface area contributed by atoms with Gasteiger partial charge in [0.15, 0.2) is 5.65 Å². The molecule has 3 rings (SSSR count). The van der Waals surface area contributed by atoms with Crippen LogP contribution in [-0.4, -0.2) is 50.4 Å². The number of piperidine rings is 1. The molecule has 1 saturated heterocycles. The molecule has 108 valence electrons. The Morgan fingerprint density at radius 3 is 2.95 bits per heavy atom. The standard InChI is InChI=1S/C13H20N6O/c1-2-7-18-8-5-10(6-9-18)14-11-3-4-12-15-16-13(20)19(12)17-11/h3-4,10H,2,5-9H2,1H3,(H,14,17)(H,16,20). The van der Waals surface area contributed by atoms with E-state index in [1.54, 1.807) is 6.07 Å². The zero-order valence-electron chi connectivity index (χ0n) is 11.7. The van der Waals surface area contributed by atoms with Crippen LogP contribution in [0, 0.1) is 0 Å². The second-order valence-electron chi connectivity index (χ2n) is 5.28. The number of nitrogens with one attached hydrogen (secondary N) is 2. The van der Waals surface area contributed by atoms with Crippen LogP contribution in [-0.2, 0) is 0 Å². The summed E-state index contributed by atoms with van der Waals surface area (Å²) in [5, 5.41) is 13.9. The van der Waals surface area contributed by atoms with Crippen LogP contribution in [0.25, 0.3) is 5.65 Å². The molecule has 0 amide bonds. The van der Waals surface area contributed by atoms with E-state index >= 15 is 0 Å². The molecule has 0 saturated carbocycles. The third-order valence-electron chi connectivity index (χ3n) is 3.75. The van der Waals surface area contributed by atoms with Crippen LogP contribution >= 0.6 is 0 Å². The molecule has 0 atom stereocenters. The number of H-pyrrole nitrogens is 1. The van der Waals surface area contributed by atoms with Gasteiger partial charge in [-0.2, -0.15) is 9.61 Å². The second-order valence-corrected chi connectivity index (χ2v) is 5.28. The maximum atomic E-state index is 11.5. The van der Waals surface area contributed by atoms with Crippen molar-refractivity contribution < 1.29 is 0 Å². The first-order valence-corrected chi connectivity index (χ1v) is 7.19. The van der Waals surface area contributed by atoms with Crippen molar-refractivity contribution in [2.45, 2.75) is 32.2 Å². The Hall–Kier alpha value is -1.89. The Morgan fingerprint density at radius 2 is 2.20 bits per heavy atom. The number of aromatic nitrogens is 4. The lowest BCUT2D eigenvalue weighted by Gasteiger charge is -2.32.